The summed E-state index contributed by atoms with van der Waals surface area (Å²) in [6.07, 6.45) is 2.21. The summed E-state index contributed by atoms with van der Waals surface area (Å²) in [6, 6.07) is -0.214. The van der Waals surface area contributed by atoms with E-state index in [9.17, 15) is 9.59 Å². The third-order valence-electron chi connectivity index (χ3n) is 3.65. The van der Waals surface area contributed by atoms with Crippen molar-refractivity contribution in [3.63, 3.8) is 0 Å². The minimum atomic E-state index is -0.214. The second kappa shape index (κ2) is 5.04. The van der Waals surface area contributed by atoms with Gasteiger partial charge in [-0.2, -0.15) is 0 Å². The molecule has 17 heavy (non-hydrogen) atoms. The second-order valence-electron chi connectivity index (χ2n) is 4.83. The van der Waals surface area contributed by atoms with Gasteiger partial charge in [0.1, 0.15) is 6.04 Å². The zero-order valence-electron chi connectivity index (χ0n) is 10.5. The Hall–Kier alpha value is -1.10. The van der Waals surface area contributed by atoms with E-state index in [2.05, 4.69) is 0 Å². The Morgan fingerprint density at radius 2 is 2.18 bits per heavy atom. The van der Waals surface area contributed by atoms with Gasteiger partial charge in [0.2, 0.25) is 11.8 Å². The van der Waals surface area contributed by atoms with Crippen molar-refractivity contribution in [2.75, 3.05) is 26.7 Å². The molecule has 5 heteroatoms. The molecule has 0 bridgehead atoms. The van der Waals surface area contributed by atoms with Gasteiger partial charge in [-0.3, -0.25) is 9.59 Å². The molecule has 2 heterocycles. The fourth-order valence-electron chi connectivity index (χ4n) is 2.58. The van der Waals surface area contributed by atoms with E-state index in [1.807, 2.05) is 6.92 Å². The first-order valence-electron chi connectivity index (χ1n) is 6.24. The van der Waals surface area contributed by atoms with Gasteiger partial charge in [0.05, 0.1) is 6.10 Å². The minimum absolute atomic E-state index is 0.0157. The molecule has 0 saturated carbocycles. The van der Waals surface area contributed by atoms with Crippen molar-refractivity contribution in [3.05, 3.63) is 0 Å². The number of nitrogens with zero attached hydrogens (tertiary/aromatic N) is 2. The van der Waals surface area contributed by atoms with E-state index < -0.39 is 0 Å². The zero-order valence-corrected chi connectivity index (χ0v) is 10.5. The summed E-state index contributed by atoms with van der Waals surface area (Å²) in [5.74, 6) is 0.214. The molecule has 2 amide bonds. The SMILES string of the molecule is COC(C)CN1CCC(=O)N2CCCC2C1=O. The van der Waals surface area contributed by atoms with Crippen molar-refractivity contribution >= 4 is 11.8 Å². The number of fused-ring (bicyclic) bond motifs is 1. The van der Waals surface area contributed by atoms with E-state index in [4.69, 9.17) is 4.74 Å². The van der Waals surface area contributed by atoms with Gasteiger partial charge in [-0.25, -0.2) is 0 Å². The van der Waals surface area contributed by atoms with Crippen LogP contribution in [-0.4, -0.2) is 60.5 Å². The van der Waals surface area contributed by atoms with Gasteiger partial charge < -0.3 is 14.5 Å². The van der Waals surface area contributed by atoms with Crippen molar-refractivity contribution in [3.8, 4) is 0 Å². The molecule has 2 unspecified atom stereocenters. The van der Waals surface area contributed by atoms with E-state index in [1.165, 1.54) is 0 Å². The van der Waals surface area contributed by atoms with Crippen LogP contribution in [0, 0.1) is 0 Å². The molecule has 0 aromatic carbocycles. The molecule has 5 nitrogen and oxygen atoms in total. The van der Waals surface area contributed by atoms with Crippen molar-refractivity contribution in [1.82, 2.24) is 9.80 Å². The topological polar surface area (TPSA) is 49.9 Å². The number of hydrogen-bond acceptors (Lipinski definition) is 3. The highest BCUT2D eigenvalue weighted by atomic mass is 16.5. The maximum atomic E-state index is 12.3. The number of amides is 2. The molecule has 96 valence electrons. The van der Waals surface area contributed by atoms with Crippen LogP contribution in [0.2, 0.25) is 0 Å². The molecular formula is C12H20N2O3. The highest BCUT2D eigenvalue weighted by Gasteiger charge is 2.39. The molecule has 0 aromatic heterocycles. The summed E-state index contributed by atoms with van der Waals surface area (Å²) < 4.78 is 5.19. The lowest BCUT2D eigenvalue weighted by molar-refractivity contribution is -0.140. The molecule has 2 fully saturated rings. The quantitative estimate of drug-likeness (QED) is 0.710. The first kappa shape index (κ1) is 12.4. The van der Waals surface area contributed by atoms with Crippen LogP contribution < -0.4 is 0 Å². The predicted molar refractivity (Wildman–Crippen MR) is 62.4 cm³/mol. The van der Waals surface area contributed by atoms with E-state index in [1.54, 1.807) is 16.9 Å². The van der Waals surface area contributed by atoms with E-state index in [-0.39, 0.29) is 24.0 Å². The molecule has 0 spiro atoms. The predicted octanol–water partition coefficient (Wildman–Crippen LogP) is 0.245. The zero-order chi connectivity index (χ0) is 12.4. The molecule has 0 aliphatic carbocycles. The Kier molecular flexibility index (Phi) is 3.66. The molecule has 0 N–H and O–H groups in total. The Morgan fingerprint density at radius 3 is 2.88 bits per heavy atom. The van der Waals surface area contributed by atoms with Crippen molar-refractivity contribution in [2.24, 2.45) is 0 Å². The number of hydrogen-bond donors (Lipinski definition) is 0. The van der Waals surface area contributed by atoms with Gasteiger partial charge in [-0.15, -0.1) is 0 Å². The smallest absolute Gasteiger partial charge is 0.245 e. The minimum Gasteiger partial charge on any atom is -0.380 e. The second-order valence-corrected chi connectivity index (χ2v) is 4.83. The number of rotatable bonds is 3. The van der Waals surface area contributed by atoms with Crippen LogP contribution in [0.5, 0.6) is 0 Å². The number of methoxy groups -OCH3 is 1. The lowest BCUT2D eigenvalue weighted by Gasteiger charge is -2.26. The van der Waals surface area contributed by atoms with Crippen molar-refractivity contribution in [1.29, 1.82) is 0 Å². The molecule has 0 aromatic rings. The maximum absolute atomic E-state index is 12.3. The summed E-state index contributed by atoms with van der Waals surface area (Å²) in [5, 5.41) is 0. The van der Waals surface area contributed by atoms with Crippen LogP contribution >= 0.6 is 0 Å². The molecule has 2 rings (SSSR count). The van der Waals surface area contributed by atoms with Gasteiger partial charge >= 0.3 is 0 Å². The summed E-state index contributed by atoms with van der Waals surface area (Å²) in [7, 11) is 1.64. The Balaban J connectivity index is 2.09. The van der Waals surface area contributed by atoms with E-state index in [0.29, 0.717) is 19.5 Å². The average Bonchev–Trinajstić information content (AvgIpc) is 2.78. The monoisotopic (exact) mass is 240 g/mol. The van der Waals surface area contributed by atoms with Crippen molar-refractivity contribution in [2.45, 2.75) is 38.3 Å². The Morgan fingerprint density at radius 1 is 1.41 bits per heavy atom. The Bertz CT molecular complexity index is 319. The van der Waals surface area contributed by atoms with Gasteiger partial charge in [0.15, 0.2) is 0 Å². The van der Waals surface area contributed by atoms with Crippen molar-refractivity contribution < 1.29 is 14.3 Å². The summed E-state index contributed by atoms with van der Waals surface area (Å²) in [5.41, 5.74) is 0. The highest BCUT2D eigenvalue weighted by molar-refractivity contribution is 5.90. The normalized spacial score (nSPS) is 27.1. The van der Waals surface area contributed by atoms with Crippen LogP contribution in [0.1, 0.15) is 26.2 Å². The largest absolute Gasteiger partial charge is 0.380 e. The lowest BCUT2D eigenvalue weighted by atomic mass is 10.2. The maximum Gasteiger partial charge on any atom is 0.245 e. The molecule has 2 aliphatic heterocycles. The molecule has 2 saturated heterocycles. The fourth-order valence-corrected chi connectivity index (χ4v) is 2.58. The van der Waals surface area contributed by atoms with Crippen LogP contribution in [-0.2, 0) is 14.3 Å². The first-order chi connectivity index (χ1) is 8.13. The van der Waals surface area contributed by atoms with E-state index >= 15 is 0 Å². The number of ether oxygens (including phenoxy) is 1. The van der Waals surface area contributed by atoms with Crippen LogP contribution in [0.3, 0.4) is 0 Å². The molecule has 2 atom stereocenters. The standard InChI is InChI=1S/C12H20N2O3/c1-9(17-2)8-13-7-5-11(15)14-6-3-4-10(14)12(13)16/h9-10H,3-8H2,1-2H3. The highest BCUT2D eigenvalue weighted by Crippen LogP contribution is 2.23. The van der Waals surface area contributed by atoms with Crippen LogP contribution in [0.4, 0.5) is 0 Å². The summed E-state index contributed by atoms with van der Waals surface area (Å²) in [4.78, 5) is 27.7. The summed E-state index contributed by atoms with van der Waals surface area (Å²) in [6.45, 7) is 3.78. The van der Waals surface area contributed by atoms with Crippen LogP contribution in [0.15, 0.2) is 0 Å². The third-order valence-corrected chi connectivity index (χ3v) is 3.65. The van der Waals surface area contributed by atoms with Gasteiger partial charge in [-0.1, -0.05) is 0 Å². The first-order valence-corrected chi connectivity index (χ1v) is 6.24. The van der Waals surface area contributed by atoms with Gasteiger partial charge in [0.25, 0.3) is 0 Å². The molecule has 0 radical (unpaired) electrons. The number of carbonyl (C=O) groups excluding carboxylic acids is 2. The average molecular weight is 240 g/mol. The number of carbonyl (C=O) groups is 2. The van der Waals surface area contributed by atoms with Crippen LogP contribution in [0.25, 0.3) is 0 Å². The van der Waals surface area contributed by atoms with Gasteiger partial charge in [-0.05, 0) is 19.8 Å². The third kappa shape index (κ3) is 2.44. The van der Waals surface area contributed by atoms with Gasteiger partial charge in [0, 0.05) is 33.2 Å². The lowest BCUT2D eigenvalue weighted by Crippen LogP contribution is -2.45. The molecular weight excluding hydrogens is 220 g/mol. The van der Waals surface area contributed by atoms with E-state index in [0.717, 1.165) is 19.4 Å². The summed E-state index contributed by atoms with van der Waals surface area (Å²) >= 11 is 0. The fraction of sp³-hybridized carbons (Fsp3) is 0.833. The Labute approximate surface area is 102 Å². The molecule has 2 aliphatic rings.